The summed E-state index contributed by atoms with van der Waals surface area (Å²) in [5.41, 5.74) is 13.9. The van der Waals surface area contributed by atoms with Crippen molar-refractivity contribution >= 4 is 82.5 Å². The number of anilines is 3. The van der Waals surface area contributed by atoms with Gasteiger partial charge in [0.15, 0.2) is 0 Å². The van der Waals surface area contributed by atoms with Gasteiger partial charge in [-0.3, -0.25) is 0 Å². The quantitative estimate of drug-likeness (QED) is 0.165. The van der Waals surface area contributed by atoms with Crippen LogP contribution in [0.3, 0.4) is 0 Å². The van der Waals surface area contributed by atoms with E-state index in [0.29, 0.717) is 0 Å². The van der Waals surface area contributed by atoms with E-state index in [-0.39, 0.29) is 7.43 Å². The van der Waals surface area contributed by atoms with Gasteiger partial charge in [-0.05, 0) is 109 Å². The molecule has 3 aromatic heterocycles. The van der Waals surface area contributed by atoms with Crippen molar-refractivity contribution in [2.24, 2.45) is 0 Å². The molecule has 0 amide bonds. The van der Waals surface area contributed by atoms with Gasteiger partial charge in [0.1, 0.15) is 0 Å². The fourth-order valence-electron chi connectivity index (χ4n) is 9.30. The van der Waals surface area contributed by atoms with E-state index < -0.39 is 0 Å². The van der Waals surface area contributed by atoms with Crippen LogP contribution in [0.15, 0.2) is 218 Å². The Hall–Kier alpha value is -7.82. The maximum atomic E-state index is 2.37. The molecule has 0 atom stereocenters. The maximum absolute atomic E-state index is 2.37. The van der Waals surface area contributed by atoms with Gasteiger partial charge < -0.3 is 18.6 Å². The highest BCUT2D eigenvalue weighted by atomic mass is 15.1. The number of para-hydroxylation sites is 6. The summed E-state index contributed by atoms with van der Waals surface area (Å²) < 4.78 is 7.12. The molecule has 0 aliphatic carbocycles. The molecule has 12 aromatic rings. The second-order valence-corrected chi connectivity index (χ2v) is 15.0. The Kier molecular flexibility index (Phi) is 7.99. The lowest BCUT2D eigenvalue weighted by atomic mass is 10.1. The Morgan fingerprint density at radius 1 is 0.220 bits per heavy atom. The second kappa shape index (κ2) is 13.7. The van der Waals surface area contributed by atoms with Crippen molar-refractivity contribution in [3.05, 3.63) is 218 Å². The monoisotopic (exact) mass is 756 g/mol. The van der Waals surface area contributed by atoms with Crippen molar-refractivity contribution in [1.82, 2.24) is 13.7 Å². The highest BCUT2D eigenvalue weighted by Crippen LogP contribution is 2.40. The van der Waals surface area contributed by atoms with Crippen LogP contribution in [0, 0.1) is 0 Å². The summed E-state index contributed by atoms with van der Waals surface area (Å²) in [6.45, 7) is 0. The molecular weight excluding hydrogens is 717 g/mol. The predicted molar refractivity (Wildman–Crippen MR) is 251 cm³/mol. The number of hydrogen-bond acceptors (Lipinski definition) is 1. The Labute approximate surface area is 342 Å². The molecule has 0 N–H and O–H groups in total. The SMILES string of the molecule is C.c1ccc2c(c1)c1ccccc1n2-c1ccc(N(c2ccc(-n3c4ccccc4c4ccccc43)cc2)c2ccc(-n3c4ccccc4c4ccccc43)cc2)cc1. The number of fused-ring (bicyclic) bond motifs is 9. The third-order valence-corrected chi connectivity index (χ3v) is 11.8. The van der Waals surface area contributed by atoms with Crippen molar-refractivity contribution in [2.45, 2.75) is 7.43 Å². The van der Waals surface area contributed by atoms with Crippen LogP contribution in [0.5, 0.6) is 0 Å². The van der Waals surface area contributed by atoms with E-state index in [9.17, 15) is 0 Å². The number of nitrogens with zero attached hydrogens (tertiary/aromatic N) is 4. The van der Waals surface area contributed by atoms with E-state index >= 15 is 0 Å². The summed E-state index contributed by atoms with van der Waals surface area (Å²) in [6, 6.07) is 79.1. The van der Waals surface area contributed by atoms with E-state index in [1.807, 2.05) is 0 Å². The third kappa shape index (κ3) is 5.30. The molecule has 9 aromatic carbocycles. The van der Waals surface area contributed by atoms with Crippen LogP contribution in [0.4, 0.5) is 17.1 Å². The average molecular weight is 757 g/mol. The molecule has 0 aliphatic rings. The van der Waals surface area contributed by atoms with Crippen LogP contribution >= 0.6 is 0 Å². The van der Waals surface area contributed by atoms with E-state index in [4.69, 9.17) is 0 Å². The van der Waals surface area contributed by atoms with Crippen LogP contribution in [0.1, 0.15) is 7.43 Å². The number of benzene rings is 9. The molecule has 0 bridgehead atoms. The smallest absolute Gasteiger partial charge is 0.0541 e. The van der Waals surface area contributed by atoms with Crippen molar-refractivity contribution in [2.75, 3.05) is 4.90 Å². The van der Waals surface area contributed by atoms with Gasteiger partial charge in [-0.1, -0.05) is 117 Å². The van der Waals surface area contributed by atoms with E-state index in [1.54, 1.807) is 0 Å². The Morgan fingerprint density at radius 3 is 0.610 bits per heavy atom. The molecule has 0 radical (unpaired) electrons. The lowest BCUT2D eigenvalue weighted by Gasteiger charge is -2.26. The molecule has 280 valence electrons. The van der Waals surface area contributed by atoms with Gasteiger partial charge in [0.05, 0.1) is 33.1 Å². The number of hydrogen-bond donors (Lipinski definition) is 0. The van der Waals surface area contributed by atoms with Crippen LogP contribution in [-0.2, 0) is 0 Å². The van der Waals surface area contributed by atoms with Crippen molar-refractivity contribution in [1.29, 1.82) is 0 Å². The van der Waals surface area contributed by atoms with E-state index in [0.717, 1.165) is 34.1 Å². The first kappa shape index (κ1) is 34.4. The van der Waals surface area contributed by atoms with E-state index in [2.05, 4.69) is 237 Å². The van der Waals surface area contributed by atoms with Crippen molar-refractivity contribution in [3.8, 4) is 17.1 Å². The normalized spacial score (nSPS) is 11.6. The molecule has 0 fully saturated rings. The summed E-state index contributed by atoms with van der Waals surface area (Å²) in [5, 5.41) is 7.56. The molecule has 0 saturated heterocycles. The summed E-state index contributed by atoms with van der Waals surface area (Å²) in [7, 11) is 0. The number of aromatic nitrogens is 3. The lowest BCUT2D eigenvalue weighted by Crippen LogP contribution is -2.10. The lowest BCUT2D eigenvalue weighted by molar-refractivity contribution is 1.16. The standard InChI is InChI=1S/C54H36N4.CH4/c1-7-19-49-43(13-1)44-14-2-8-20-50(44)56(49)40-31-25-37(26-32-40)55(38-27-33-41(34-28-38)57-51-21-9-3-15-45(51)46-16-4-10-22-52(46)57)39-29-35-42(36-30-39)58-53-23-11-5-17-47(53)48-18-6-12-24-54(48)58;/h1-36H;1H4. The highest BCUT2D eigenvalue weighted by Gasteiger charge is 2.18. The molecule has 12 rings (SSSR count). The average Bonchev–Trinajstić information content (AvgIpc) is 3.93. The topological polar surface area (TPSA) is 18.0 Å². The van der Waals surface area contributed by atoms with Crippen LogP contribution in [0.25, 0.3) is 82.5 Å². The molecule has 0 aliphatic heterocycles. The zero-order chi connectivity index (χ0) is 38.2. The summed E-state index contributed by atoms with van der Waals surface area (Å²) in [4.78, 5) is 2.36. The molecule has 4 heteroatoms. The first-order valence-corrected chi connectivity index (χ1v) is 19.9. The third-order valence-electron chi connectivity index (χ3n) is 11.8. The van der Waals surface area contributed by atoms with Crippen LogP contribution < -0.4 is 4.90 Å². The second-order valence-electron chi connectivity index (χ2n) is 15.0. The van der Waals surface area contributed by atoms with Crippen molar-refractivity contribution < 1.29 is 0 Å². The minimum absolute atomic E-state index is 0. The van der Waals surface area contributed by atoms with Crippen LogP contribution in [0.2, 0.25) is 0 Å². The molecule has 4 nitrogen and oxygen atoms in total. The Bertz CT molecular complexity index is 2960. The molecule has 0 saturated carbocycles. The minimum atomic E-state index is 0. The highest BCUT2D eigenvalue weighted by molar-refractivity contribution is 6.11. The molecule has 0 spiro atoms. The van der Waals surface area contributed by atoms with Gasteiger partial charge in [-0.15, -0.1) is 0 Å². The van der Waals surface area contributed by atoms with Gasteiger partial charge >= 0.3 is 0 Å². The zero-order valence-electron chi connectivity index (χ0n) is 31.6. The molecular formula is C55H40N4. The molecule has 3 heterocycles. The zero-order valence-corrected chi connectivity index (χ0v) is 31.6. The minimum Gasteiger partial charge on any atom is -0.310 e. The van der Waals surface area contributed by atoms with Gasteiger partial charge in [-0.25, -0.2) is 0 Å². The Morgan fingerprint density at radius 2 is 0.407 bits per heavy atom. The largest absolute Gasteiger partial charge is 0.310 e. The fourth-order valence-corrected chi connectivity index (χ4v) is 9.30. The number of rotatable bonds is 6. The summed E-state index contributed by atoms with van der Waals surface area (Å²) in [5.74, 6) is 0. The maximum Gasteiger partial charge on any atom is 0.0541 e. The first-order valence-electron chi connectivity index (χ1n) is 19.9. The molecule has 59 heavy (non-hydrogen) atoms. The summed E-state index contributed by atoms with van der Waals surface area (Å²) in [6.07, 6.45) is 0. The van der Waals surface area contributed by atoms with Crippen molar-refractivity contribution in [3.63, 3.8) is 0 Å². The van der Waals surface area contributed by atoms with E-state index in [1.165, 1.54) is 65.4 Å². The predicted octanol–water partition coefficient (Wildman–Crippen LogP) is 15.1. The van der Waals surface area contributed by atoms with Gasteiger partial charge in [0, 0.05) is 66.4 Å². The molecule has 0 unspecified atom stereocenters. The summed E-state index contributed by atoms with van der Waals surface area (Å²) >= 11 is 0. The van der Waals surface area contributed by atoms with Gasteiger partial charge in [-0.2, -0.15) is 0 Å². The fraction of sp³-hybridized carbons (Fsp3) is 0.0182. The van der Waals surface area contributed by atoms with Gasteiger partial charge in [0.25, 0.3) is 0 Å². The van der Waals surface area contributed by atoms with Crippen LogP contribution in [-0.4, -0.2) is 13.7 Å². The Balaban J connectivity index is 0.00000397. The first-order chi connectivity index (χ1) is 28.8. The van der Waals surface area contributed by atoms with Gasteiger partial charge in [0.2, 0.25) is 0 Å².